The Labute approximate surface area is 169 Å². The predicted octanol–water partition coefficient (Wildman–Crippen LogP) is 2.34. The van der Waals surface area contributed by atoms with Crippen molar-refractivity contribution in [3.05, 3.63) is 83.7 Å². The summed E-state index contributed by atoms with van der Waals surface area (Å²) in [7, 11) is 0. The maximum absolute atomic E-state index is 13.1. The van der Waals surface area contributed by atoms with E-state index in [1.54, 1.807) is 16.9 Å². The second kappa shape index (κ2) is 7.13. The van der Waals surface area contributed by atoms with E-state index in [1.807, 2.05) is 48.7 Å². The van der Waals surface area contributed by atoms with Crippen molar-refractivity contribution >= 4 is 5.91 Å². The molecule has 1 aromatic heterocycles. The highest BCUT2D eigenvalue weighted by molar-refractivity contribution is 5.95. The molecule has 0 saturated carbocycles. The fourth-order valence-electron chi connectivity index (χ4n) is 4.90. The summed E-state index contributed by atoms with van der Waals surface area (Å²) in [5, 5.41) is 22.0. The number of nitrogens with one attached hydrogen (secondary N) is 2. The molecule has 2 aromatic carbocycles. The first-order valence-corrected chi connectivity index (χ1v) is 10.1. The number of carbonyl (C=O) groups is 1. The topological polar surface area (TPSA) is 79.2 Å². The number of fused-ring (bicyclic) bond motifs is 2. The minimum absolute atomic E-state index is 0.191. The van der Waals surface area contributed by atoms with Crippen molar-refractivity contribution in [1.82, 2.24) is 20.4 Å². The van der Waals surface area contributed by atoms with E-state index in [1.165, 1.54) is 5.56 Å². The van der Waals surface area contributed by atoms with Crippen molar-refractivity contribution in [1.29, 1.82) is 0 Å². The quantitative estimate of drug-likeness (QED) is 0.644. The highest BCUT2D eigenvalue weighted by Crippen LogP contribution is 2.50. The van der Waals surface area contributed by atoms with E-state index < -0.39 is 12.1 Å². The van der Waals surface area contributed by atoms with Gasteiger partial charge in [-0.15, -0.1) is 0 Å². The molecule has 6 heteroatoms. The first kappa shape index (κ1) is 18.1. The van der Waals surface area contributed by atoms with Crippen molar-refractivity contribution < 1.29 is 9.90 Å². The number of rotatable bonds is 3. The molecule has 5 rings (SSSR count). The van der Waals surface area contributed by atoms with E-state index in [-0.39, 0.29) is 11.3 Å². The van der Waals surface area contributed by atoms with Gasteiger partial charge < -0.3 is 15.7 Å². The number of amides is 1. The normalized spacial score (nSPS) is 22.4. The Balaban J connectivity index is 1.45. The second-order valence-electron chi connectivity index (χ2n) is 7.89. The van der Waals surface area contributed by atoms with Gasteiger partial charge in [-0.2, -0.15) is 5.10 Å². The second-order valence-corrected chi connectivity index (χ2v) is 7.89. The molecule has 1 aliphatic heterocycles. The molecular formula is C23H24N4O2. The monoisotopic (exact) mass is 388 g/mol. The summed E-state index contributed by atoms with van der Waals surface area (Å²) in [6.07, 6.45) is 4.64. The van der Waals surface area contributed by atoms with Crippen LogP contribution < -0.4 is 10.6 Å². The summed E-state index contributed by atoms with van der Waals surface area (Å²) < 4.78 is 1.72. The number of hydrogen-bond acceptors (Lipinski definition) is 4. The third-order valence-corrected chi connectivity index (χ3v) is 6.37. The lowest BCUT2D eigenvalue weighted by Crippen LogP contribution is -2.48. The van der Waals surface area contributed by atoms with Crippen LogP contribution >= 0.6 is 0 Å². The summed E-state index contributed by atoms with van der Waals surface area (Å²) in [6, 6.07) is 16.9. The van der Waals surface area contributed by atoms with Gasteiger partial charge in [0.2, 0.25) is 0 Å². The molecule has 1 amide bonds. The summed E-state index contributed by atoms with van der Waals surface area (Å²) in [5.74, 6) is -0.191. The van der Waals surface area contributed by atoms with Crippen LogP contribution in [0.3, 0.4) is 0 Å². The Morgan fingerprint density at radius 1 is 1.14 bits per heavy atom. The number of benzene rings is 2. The number of carbonyl (C=O) groups excluding carboxylic acids is 1. The molecule has 1 aliphatic carbocycles. The number of aliphatic hydroxyl groups is 1. The lowest BCUT2D eigenvalue weighted by atomic mass is 9.72. The van der Waals surface area contributed by atoms with Crippen LogP contribution in [0.25, 0.3) is 5.69 Å². The average Bonchev–Trinajstić information content (AvgIpc) is 3.38. The summed E-state index contributed by atoms with van der Waals surface area (Å²) >= 11 is 0. The summed E-state index contributed by atoms with van der Waals surface area (Å²) in [5.41, 5.74) is 3.28. The Morgan fingerprint density at radius 2 is 1.97 bits per heavy atom. The predicted molar refractivity (Wildman–Crippen MR) is 110 cm³/mol. The number of aromatic nitrogens is 2. The maximum Gasteiger partial charge on any atom is 0.251 e. The van der Waals surface area contributed by atoms with Gasteiger partial charge in [0.1, 0.15) is 0 Å². The van der Waals surface area contributed by atoms with E-state index in [0.717, 1.165) is 37.2 Å². The van der Waals surface area contributed by atoms with Crippen LogP contribution in [0.4, 0.5) is 0 Å². The molecule has 1 spiro atoms. The van der Waals surface area contributed by atoms with Crippen molar-refractivity contribution in [2.24, 2.45) is 0 Å². The largest absolute Gasteiger partial charge is 0.390 e. The van der Waals surface area contributed by atoms with Crippen LogP contribution in [0.15, 0.2) is 67.0 Å². The van der Waals surface area contributed by atoms with Crippen molar-refractivity contribution in [3.63, 3.8) is 0 Å². The van der Waals surface area contributed by atoms with Gasteiger partial charge in [0.25, 0.3) is 5.91 Å². The molecule has 1 saturated heterocycles. The Kier molecular flexibility index (Phi) is 4.45. The summed E-state index contributed by atoms with van der Waals surface area (Å²) in [6.45, 7) is 1.75. The van der Waals surface area contributed by atoms with E-state index in [0.29, 0.717) is 5.56 Å². The van der Waals surface area contributed by atoms with Crippen LogP contribution in [-0.2, 0) is 5.41 Å². The Bertz CT molecular complexity index is 1020. The molecular weight excluding hydrogens is 364 g/mol. The van der Waals surface area contributed by atoms with Crippen LogP contribution in [0.2, 0.25) is 0 Å². The number of nitrogens with zero attached hydrogens (tertiary/aromatic N) is 2. The van der Waals surface area contributed by atoms with Crippen molar-refractivity contribution in [2.45, 2.75) is 30.4 Å². The zero-order valence-electron chi connectivity index (χ0n) is 16.1. The first-order valence-electron chi connectivity index (χ1n) is 10.1. The highest BCUT2D eigenvalue weighted by Gasteiger charge is 2.52. The van der Waals surface area contributed by atoms with Crippen LogP contribution in [0.5, 0.6) is 0 Å². The van der Waals surface area contributed by atoms with Crippen molar-refractivity contribution in [3.8, 4) is 5.69 Å². The first-order chi connectivity index (χ1) is 14.2. The maximum atomic E-state index is 13.1. The number of hydrogen-bond donors (Lipinski definition) is 3. The minimum atomic E-state index is -0.639. The molecule has 6 nitrogen and oxygen atoms in total. The molecule has 148 valence electrons. The Hall–Kier alpha value is -2.96. The lowest BCUT2D eigenvalue weighted by molar-refractivity contribution is 0.0418. The third kappa shape index (κ3) is 2.96. The molecule has 2 aliphatic rings. The van der Waals surface area contributed by atoms with Crippen LogP contribution in [-0.4, -0.2) is 40.0 Å². The van der Waals surface area contributed by atoms with E-state index >= 15 is 0 Å². The minimum Gasteiger partial charge on any atom is -0.390 e. The van der Waals surface area contributed by atoms with Gasteiger partial charge in [-0.3, -0.25) is 4.79 Å². The molecule has 29 heavy (non-hydrogen) atoms. The average molecular weight is 388 g/mol. The number of piperidine rings is 1. The van der Waals surface area contributed by atoms with Crippen molar-refractivity contribution in [2.75, 3.05) is 13.1 Å². The van der Waals surface area contributed by atoms with Gasteiger partial charge in [-0.25, -0.2) is 4.68 Å². The SMILES string of the molecule is O=C(N[C@H]1c2ccccc2C2(CCNCC2)[C@@H]1O)c1cccc(-n2cccn2)c1. The third-order valence-electron chi connectivity index (χ3n) is 6.37. The number of aliphatic hydroxyl groups excluding tert-OH is 1. The van der Waals surface area contributed by atoms with Gasteiger partial charge in [0.15, 0.2) is 0 Å². The standard InChI is InChI=1S/C23H24N4O2/c28-21-20(18-7-1-2-8-19(18)23(21)9-12-24-13-10-23)26-22(29)16-5-3-6-17(15-16)27-14-4-11-25-27/h1-8,11,14-15,20-21,24,28H,9-10,12-13H2,(H,26,29)/t20-,21+/m0/s1. The molecule has 2 heterocycles. The molecule has 3 aromatic rings. The fourth-order valence-corrected chi connectivity index (χ4v) is 4.90. The van der Waals surface area contributed by atoms with Crippen LogP contribution in [0, 0.1) is 0 Å². The summed E-state index contributed by atoms with van der Waals surface area (Å²) in [4.78, 5) is 13.1. The van der Waals surface area contributed by atoms with E-state index in [9.17, 15) is 9.90 Å². The van der Waals surface area contributed by atoms with Gasteiger partial charge in [-0.05, 0) is 61.3 Å². The van der Waals surface area contributed by atoms with E-state index in [2.05, 4.69) is 21.8 Å². The Morgan fingerprint density at radius 3 is 2.76 bits per heavy atom. The highest BCUT2D eigenvalue weighted by atomic mass is 16.3. The van der Waals surface area contributed by atoms with E-state index in [4.69, 9.17) is 0 Å². The van der Waals surface area contributed by atoms with Gasteiger partial charge in [-0.1, -0.05) is 30.3 Å². The molecule has 3 N–H and O–H groups in total. The zero-order chi connectivity index (χ0) is 19.8. The molecule has 0 radical (unpaired) electrons. The van der Waals surface area contributed by atoms with Gasteiger partial charge in [0, 0.05) is 23.4 Å². The van der Waals surface area contributed by atoms with Gasteiger partial charge >= 0.3 is 0 Å². The smallest absolute Gasteiger partial charge is 0.251 e. The van der Waals surface area contributed by atoms with Gasteiger partial charge in [0.05, 0.1) is 17.8 Å². The molecule has 1 fully saturated rings. The zero-order valence-corrected chi connectivity index (χ0v) is 16.1. The fraction of sp³-hybridized carbons (Fsp3) is 0.304. The molecule has 0 unspecified atom stereocenters. The lowest BCUT2D eigenvalue weighted by Gasteiger charge is -2.38. The molecule has 2 atom stereocenters. The van der Waals surface area contributed by atoms with Crippen LogP contribution in [0.1, 0.15) is 40.4 Å². The molecule has 0 bridgehead atoms.